The Kier molecular flexibility index (Phi) is 6.90. The van der Waals surface area contributed by atoms with E-state index in [0.29, 0.717) is 5.95 Å². The minimum Gasteiger partial charge on any atom is -0.341 e. The number of benzene rings is 1. The summed E-state index contributed by atoms with van der Waals surface area (Å²) in [6.45, 7) is 6.05. The topological polar surface area (TPSA) is 69.5 Å². The molecule has 0 atom stereocenters. The molecular weight excluding hydrogens is 374 g/mol. The van der Waals surface area contributed by atoms with Gasteiger partial charge in [0.25, 0.3) is 0 Å². The predicted molar refractivity (Wildman–Crippen MR) is 124 cm³/mol. The largest absolute Gasteiger partial charge is 0.341 e. The highest BCUT2D eigenvalue weighted by Crippen LogP contribution is 2.22. The highest BCUT2D eigenvalue weighted by molar-refractivity contribution is 5.85. The third-order valence-electron chi connectivity index (χ3n) is 5.52. The maximum absolute atomic E-state index is 4.81. The molecule has 7 nitrogen and oxygen atoms in total. The van der Waals surface area contributed by atoms with Gasteiger partial charge in [0.15, 0.2) is 0 Å². The molecule has 1 aromatic heterocycles. The molecule has 0 aliphatic carbocycles. The van der Waals surface area contributed by atoms with Gasteiger partial charge >= 0.3 is 0 Å². The molecule has 0 bridgehead atoms. The Morgan fingerprint density at radius 2 is 1.40 bits per heavy atom. The van der Waals surface area contributed by atoms with Gasteiger partial charge in [0.1, 0.15) is 0 Å². The van der Waals surface area contributed by atoms with Crippen LogP contribution in [0.25, 0.3) is 6.08 Å². The van der Waals surface area contributed by atoms with Crippen LogP contribution in [-0.4, -0.2) is 47.3 Å². The monoisotopic (exact) mass is 405 g/mol. The Hall–Kier alpha value is -2.96. The Morgan fingerprint density at radius 3 is 1.97 bits per heavy atom. The number of nitrogens with one attached hydrogen (secondary N) is 1. The fourth-order valence-corrected chi connectivity index (χ4v) is 3.92. The number of hydrogen-bond acceptors (Lipinski definition) is 7. The van der Waals surface area contributed by atoms with Crippen LogP contribution >= 0.6 is 0 Å². The second-order valence-electron chi connectivity index (χ2n) is 8.02. The van der Waals surface area contributed by atoms with E-state index in [2.05, 4.69) is 48.5 Å². The van der Waals surface area contributed by atoms with Crippen LogP contribution < -0.4 is 15.2 Å². The average Bonchev–Trinajstić information content (AvgIpc) is 2.81. The number of hydrazone groups is 1. The highest BCUT2D eigenvalue weighted by atomic mass is 15.4. The summed E-state index contributed by atoms with van der Waals surface area (Å²) in [6, 6.07) is 10.2. The standard InChI is InChI=1S/C23H31N7/c1-19(17-20-11-5-2-6-12-20)18-24-28-21-25-22(29-13-7-3-8-14-29)27-23(26-21)30-15-9-4-10-16-30/h2,5-6,11-12,17-18H,3-4,7-10,13-16H2,1H3,(H,25,26,27,28)/b19-17+,24-18-. The van der Waals surface area contributed by atoms with Crippen LogP contribution in [0.4, 0.5) is 17.8 Å². The molecule has 158 valence electrons. The molecule has 0 amide bonds. The van der Waals surface area contributed by atoms with Gasteiger partial charge in [0.2, 0.25) is 17.8 Å². The van der Waals surface area contributed by atoms with Gasteiger partial charge in [-0.1, -0.05) is 36.4 Å². The second-order valence-corrected chi connectivity index (χ2v) is 8.02. The maximum Gasteiger partial charge on any atom is 0.250 e. The van der Waals surface area contributed by atoms with E-state index in [0.717, 1.165) is 49.2 Å². The quantitative estimate of drug-likeness (QED) is 0.569. The summed E-state index contributed by atoms with van der Waals surface area (Å²) >= 11 is 0. The van der Waals surface area contributed by atoms with E-state index in [-0.39, 0.29) is 0 Å². The molecule has 0 radical (unpaired) electrons. The van der Waals surface area contributed by atoms with E-state index in [9.17, 15) is 0 Å². The van der Waals surface area contributed by atoms with E-state index in [1.807, 2.05) is 25.1 Å². The first-order valence-corrected chi connectivity index (χ1v) is 11.1. The van der Waals surface area contributed by atoms with Gasteiger partial charge in [0.05, 0.1) is 6.21 Å². The Bertz CT molecular complexity index is 830. The maximum atomic E-state index is 4.81. The van der Waals surface area contributed by atoms with Crippen LogP contribution in [0.5, 0.6) is 0 Å². The summed E-state index contributed by atoms with van der Waals surface area (Å²) in [4.78, 5) is 18.7. The van der Waals surface area contributed by atoms with E-state index in [1.54, 1.807) is 6.21 Å². The number of allylic oxidation sites excluding steroid dienone is 1. The molecule has 1 aromatic carbocycles. The van der Waals surface area contributed by atoms with Crippen molar-refractivity contribution >= 4 is 30.1 Å². The molecule has 7 heteroatoms. The molecule has 30 heavy (non-hydrogen) atoms. The number of anilines is 3. The van der Waals surface area contributed by atoms with Crippen molar-refractivity contribution in [1.29, 1.82) is 0 Å². The second kappa shape index (κ2) is 10.2. The van der Waals surface area contributed by atoms with Crippen LogP contribution in [0.1, 0.15) is 51.0 Å². The Morgan fingerprint density at radius 1 is 0.833 bits per heavy atom. The lowest BCUT2D eigenvalue weighted by Gasteiger charge is -2.30. The van der Waals surface area contributed by atoms with Crippen LogP contribution in [0.3, 0.4) is 0 Å². The van der Waals surface area contributed by atoms with Gasteiger partial charge in [-0.15, -0.1) is 0 Å². The lowest BCUT2D eigenvalue weighted by Crippen LogP contribution is -2.34. The molecule has 0 spiro atoms. The summed E-state index contributed by atoms with van der Waals surface area (Å²) in [6.07, 6.45) is 11.2. The van der Waals surface area contributed by atoms with Crippen LogP contribution in [-0.2, 0) is 0 Å². The number of nitrogens with zero attached hydrogens (tertiary/aromatic N) is 6. The molecule has 2 fully saturated rings. The third-order valence-corrected chi connectivity index (χ3v) is 5.52. The summed E-state index contributed by atoms with van der Waals surface area (Å²) in [5.41, 5.74) is 5.24. The Labute approximate surface area is 178 Å². The van der Waals surface area contributed by atoms with Gasteiger partial charge in [-0.25, -0.2) is 5.43 Å². The van der Waals surface area contributed by atoms with Crippen LogP contribution in [0.2, 0.25) is 0 Å². The molecule has 3 heterocycles. The zero-order valence-corrected chi connectivity index (χ0v) is 17.8. The molecule has 0 unspecified atom stereocenters. The highest BCUT2D eigenvalue weighted by Gasteiger charge is 2.20. The third kappa shape index (κ3) is 5.55. The normalized spacial score (nSPS) is 18.1. The van der Waals surface area contributed by atoms with Crippen molar-refractivity contribution in [3.63, 3.8) is 0 Å². The molecular formula is C23H31N7. The van der Waals surface area contributed by atoms with Crippen LogP contribution in [0.15, 0.2) is 41.0 Å². The Balaban J connectivity index is 1.51. The van der Waals surface area contributed by atoms with Gasteiger partial charge in [0, 0.05) is 26.2 Å². The van der Waals surface area contributed by atoms with Gasteiger partial charge in [-0.3, -0.25) is 0 Å². The zero-order valence-electron chi connectivity index (χ0n) is 17.8. The molecule has 2 aliphatic rings. The van der Waals surface area contributed by atoms with Crippen LogP contribution in [0, 0.1) is 0 Å². The zero-order chi connectivity index (χ0) is 20.6. The van der Waals surface area contributed by atoms with E-state index < -0.39 is 0 Å². The molecule has 4 rings (SSSR count). The number of piperidine rings is 2. The van der Waals surface area contributed by atoms with Crippen molar-refractivity contribution < 1.29 is 0 Å². The van der Waals surface area contributed by atoms with Crippen molar-refractivity contribution in [3.8, 4) is 0 Å². The van der Waals surface area contributed by atoms with E-state index in [1.165, 1.54) is 38.5 Å². The fraction of sp³-hybridized carbons (Fsp3) is 0.478. The smallest absolute Gasteiger partial charge is 0.250 e. The first-order valence-electron chi connectivity index (χ1n) is 11.1. The summed E-state index contributed by atoms with van der Waals surface area (Å²) < 4.78 is 0. The molecule has 2 aromatic rings. The number of rotatable bonds is 6. The predicted octanol–water partition coefficient (Wildman–Crippen LogP) is 4.35. The van der Waals surface area contributed by atoms with Gasteiger partial charge in [-0.2, -0.15) is 20.1 Å². The summed E-state index contributed by atoms with van der Waals surface area (Å²) in [5.74, 6) is 2.04. The minimum absolute atomic E-state index is 0.509. The van der Waals surface area contributed by atoms with Crippen molar-refractivity contribution in [2.45, 2.75) is 45.4 Å². The summed E-state index contributed by atoms with van der Waals surface area (Å²) in [5, 5.41) is 4.38. The van der Waals surface area contributed by atoms with Crippen molar-refractivity contribution in [2.75, 3.05) is 41.4 Å². The van der Waals surface area contributed by atoms with Crippen molar-refractivity contribution in [3.05, 3.63) is 41.5 Å². The molecule has 1 N–H and O–H groups in total. The average molecular weight is 406 g/mol. The van der Waals surface area contributed by atoms with E-state index >= 15 is 0 Å². The SMILES string of the molecule is CC(/C=N\Nc1nc(N2CCCCC2)nc(N2CCCCC2)n1)=C\c1ccccc1. The van der Waals surface area contributed by atoms with E-state index in [4.69, 9.17) is 4.98 Å². The molecule has 2 aliphatic heterocycles. The fourth-order valence-electron chi connectivity index (χ4n) is 3.92. The first-order chi connectivity index (χ1) is 14.8. The number of hydrogen-bond donors (Lipinski definition) is 1. The van der Waals surface area contributed by atoms with Crippen molar-refractivity contribution in [1.82, 2.24) is 15.0 Å². The first kappa shape index (κ1) is 20.3. The van der Waals surface area contributed by atoms with Crippen molar-refractivity contribution in [2.24, 2.45) is 5.10 Å². The molecule has 2 saturated heterocycles. The molecule has 0 saturated carbocycles. The number of aromatic nitrogens is 3. The lowest BCUT2D eigenvalue weighted by atomic mass is 10.1. The van der Waals surface area contributed by atoms with Gasteiger partial charge < -0.3 is 9.80 Å². The van der Waals surface area contributed by atoms with Gasteiger partial charge in [-0.05, 0) is 56.6 Å². The lowest BCUT2D eigenvalue weighted by molar-refractivity contribution is 0.556. The summed E-state index contributed by atoms with van der Waals surface area (Å²) in [7, 11) is 0. The minimum atomic E-state index is 0.509.